The maximum atomic E-state index is 12.2. The second-order valence-electron chi connectivity index (χ2n) is 4.11. The van der Waals surface area contributed by atoms with Gasteiger partial charge in [0.1, 0.15) is 9.96 Å². The Morgan fingerprint density at radius 1 is 1.38 bits per heavy atom. The Bertz CT molecular complexity index is 816. The van der Waals surface area contributed by atoms with Crippen LogP contribution in [-0.2, 0) is 10.0 Å². The highest BCUT2D eigenvalue weighted by Gasteiger charge is 2.26. The highest BCUT2D eigenvalue weighted by atomic mass is 35.5. The van der Waals surface area contributed by atoms with Crippen molar-refractivity contribution in [2.24, 2.45) is 0 Å². The Morgan fingerprint density at radius 3 is 2.62 bits per heavy atom. The van der Waals surface area contributed by atoms with E-state index in [0.29, 0.717) is 11.3 Å². The van der Waals surface area contributed by atoms with Gasteiger partial charge < -0.3 is 5.11 Å². The van der Waals surface area contributed by atoms with Crippen molar-refractivity contribution in [3.8, 4) is 5.75 Å². The number of hydrogen-bond donors (Lipinski definition) is 2. The van der Waals surface area contributed by atoms with Gasteiger partial charge in [0, 0.05) is 6.07 Å². The minimum absolute atomic E-state index is 0.0119. The summed E-state index contributed by atoms with van der Waals surface area (Å²) in [5.41, 5.74) is 0.248. The molecule has 0 radical (unpaired) electrons. The number of anilines is 1. The lowest BCUT2D eigenvalue weighted by Crippen LogP contribution is -2.11. The first-order valence-corrected chi connectivity index (χ1v) is 8.14. The predicted octanol–water partition coefficient (Wildman–Crippen LogP) is 3.12. The van der Waals surface area contributed by atoms with Gasteiger partial charge in [-0.15, -0.1) is 11.3 Å². The third-order valence-electron chi connectivity index (χ3n) is 2.50. The number of phenolic OH excluding ortho intramolecular Hbond substituents is 1. The largest absolute Gasteiger partial charge is 0.506 e. The van der Waals surface area contributed by atoms with E-state index < -0.39 is 20.6 Å². The van der Waals surface area contributed by atoms with Gasteiger partial charge >= 0.3 is 0 Å². The fraction of sp³-hybridized carbons (Fsp3) is 0.0909. The van der Waals surface area contributed by atoms with E-state index in [9.17, 15) is 23.6 Å². The molecule has 0 aliphatic carbocycles. The molecule has 2 N–H and O–H groups in total. The van der Waals surface area contributed by atoms with Crippen molar-refractivity contribution in [3.05, 3.63) is 44.3 Å². The summed E-state index contributed by atoms with van der Waals surface area (Å²) in [6.07, 6.45) is 0. The van der Waals surface area contributed by atoms with Gasteiger partial charge in [0.15, 0.2) is 4.34 Å². The summed E-state index contributed by atoms with van der Waals surface area (Å²) in [6, 6.07) is 5.27. The molecule has 1 aromatic heterocycles. The van der Waals surface area contributed by atoms with Crippen LogP contribution in [0.1, 0.15) is 5.56 Å². The molecule has 7 nitrogen and oxygen atoms in total. The Morgan fingerprint density at radius 2 is 2.05 bits per heavy atom. The molecule has 0 fully saturated rings. The molecule has 10 heteroatoms. The molecule has 0 aliphatic rings. The number of halogens is 1. The zero-order valence-electron chi connectivity index (χ0n) is 10.5. The monoisotopic (exact) mass is 348 g/mol. The van der Waals surface area contributed by atoms with E-state index in [0.717, 1.165) is 11.6 Å². The molecule has 21 heavy (non-hydrogen) atoms. The van der Waals surface area contributed by atoms with E-state index in [4.69, 9.17) is 11.6 Å². The molecule has 0 saturated heterocycles. The molecule has 112 valence electrons. The molecular weight excluding hydrogens is 340 g/mol. The molecule has 2 aromatic rings. The maximum Gasteiger partial charge on any atom is 0.300 e. The van der Waals surface area contributed by atoms with Crippen molar-refractivity contribution >= 4 is 44.3 Å². The number of aryl methyl sites for hydroxylation is 1. The predicted molar refractivity (Wildman–Crippen MR) is 79.6 cm³/mol. The Labute approximate surface area is 129 Å². The van der Waals surface area contributed by atoms with Gasteiger partial charge in [-0.3, -0.25) is 14.8 Å². The molecule has 0 aliphatic heterocycles. The number of nitrogens with one attached hydrogen (secondary N) is 1. The van der Waals surface area contributed by atoms with E-state index in [-0.39, 0.29) is 20.0 Å². The van der Waals surface area contributed by atoms with Crippen molar-refractivity contribution in [1.82, 2.24) is 0 Å². The van der Waals surface area contributed by atoms with Crippen LogP contribution in [0.5, 0.6) is 5.75 Å². The average molecular weight is 349 g/mol. The number of thiophene rings is 1. The molecule has 0 atom stereocenters. The molecule has 2 rings (SSSR count). The number of nitro groups is 1. The summed E-state index contributed by atoms with van der Waals surface area (Å²) in [5.74, 6) is -0.249. The highest BCUT2D eigenvalue weighted by molar-refractivity contribution is 7.94. The lowest BCUT2D eigenvalue weighted by molar-refractivity contribution is -0.384. The van der Waals surface area contributed by atoms with Gasteiger partial charge in [-0.2, -0.15) is 0 Å². The van der Waals surface area contributed by atoms with Crippen LogP contribution in [0.15, 0.2) is 28.5 Å². The highest BCUT2D eigenvalue weighted by Crippen LogP contribution is 2.37. The number of sulfonamides is 1. The van der Waals surface area contributed by atoms with Crippen molar-refractivity contribution < 1.29 is 18.4 Å². The van der Waals surface area contributed by atoms with E-state index in [1.165, 1.54) is 12.1 Å². The van der Waals surface area contributed by atoms with Crippen LogP contribution in [0.3, 0.4) is 0 Å². The van der Waals surface area contributed by atoms with Gasteiger partial charge in [-0.05, 0) is 24.6 Å². The Hall–Kier alpha value is -1.84. The fourth-order valence-corrected chi connectivity index (χ4v) is 4.25. The molecule has 0 bridgehead atoms. The first-order valence-electron chi connectivity index (χ1n) is 5.47. The standard InChI is InChI=1S/C11H9ClN2O5S2/c1-6-2-3-9(15)7(4-6)13-21(18,19)10-5-8(14(16)17)11(12)20-10/h2-5,13,15H,1H3. The van der Waals surface area contributed by atoms with Gasteiger partial charge in [0.2, 0.25) is 0 Å². The molecular formula is C11H9ClN2O5S2. The topological polar surface area (TPSA) is 110 Å². The van der Waals surface area contributed by atoms with Crippen LogP contribution in [0.25, 0.3) is 0 Å². The van der Waals surface area contributed by atoms with Crippen LogP contribution < -0.4 is 4.72 Å². The van der Waals surface area contributed by atoms with Crippen molar-refractivity contribution in [3.63, 3.8) is 0 Å². The van der Waals surface area contributed by atoms with Gasteiger partial charge in [-0.25, -0.2) is 8.42 Å². The zero-order valence-corrected chi connectivity index (χ0v) is 12.9. The van der Waals surface area contributed by atoms with Crippen LogP contribution >= 0.6 is 22.9 Å². The van der Waals surface area contributed by atoms with Gasteiger partial charge in [0.05, 0.1) is 10.6 Å². The fourth-order valence-electron chi connectivity index (χ4n) is 1.52. The number of nitrogens with zero attached hydrogens (tertiary/aromatic N) is 1. The second-order valence-corrected chi connectivity index (χ2v) is 7.67. The summed E-state index contributed by atoms with van der Waals surface area (Å²) in [6.45, 7) is 1.73. The SMILES string of the molecule is Cc1ccc(O)c(NS(=O)(=O)c2cc([N+](=O)[O-])c(Cl)s2)c1. The molecule has 0 saturated carbocycles. The number of benzene rings is 1. The lowest BCUT2D eigenvalue weighted by atomic mass is 10.2. The maximum absolute atomic E-state index is 12.2. The summed E-state index contributed by atoms with van der Waals surface area (Å²) in [5, 5.41) is 20.3. The molecule has 0 spiro atoms. The van der Waals surface area contributed by atoms with E-state index in [1.807, 2.05) is 0 Å². The van der Waals surface area contributed by atoms with Crippen LogP contribution in [0.4, 0.5) is 11.4 Å². The summed E-state index contributed by atoms with van der Waals surface area (Å²) in [4.78, 5) is 9.93. The summed E-state index contributed by atoms with van der Waals surface area (Å²) in [7, 11) is -4.07. The normalized spacial score (nSPS) is 11.3. The van der Waals surface area contributed by atoms with Crippen LogP contribution in [0.2, 0.25) is 4.34 Å². The molecule has 1 heterocycles. The summed E-state index contributed by atoms with van der Waals surface area (Å²) < 4.78 is 26.0. The Balaban J connectivity index is 2.41. The van der Waals surface area contributed by atoms with Gasteiger partial charge in [0.25, 0.3) is 15.7 Å². The van der Waals surface area contributed by atoms with Crippen molar-refractivity contribution in [1.29, 1.82) is 0 Å². The first kappa shape index (κ1) is 15.5. The zero-order chi connectivity index (χ0) is 15.8. The van der Waals surface area contributed by atoms with E-state index >= 15 is 0 Å². The Kier molecular flexibility index (Phi) is 4.08. The average Bonchev–Trinajstić information content (AvgIpc) is 2.77. The van der Waals surface area contributed by atoms with Crippen LogP contribution in [0, 0.1) is 17.0 Å². The third-order valence-corrected chi connectivity index (χ3v) is 5.68. The number of aromatic hydroxyl groups is 1. The van der Waals surface area contributed by atoms with Gasteiger partial charge in [-0.1, -0.05) is 17.7 Å². The number of hydrogen-bond acceptors (Lipinski definition) is 6. The quantitative estimate of drug-likeness (QED) is 0.501. The minimum atomic E-state index is -4.07. The summed E-state index contributed by atoms with van der Waals surface area (Å²) >= 11 is 6.21. The minimum Gasteiger partial charge on any atom is -0.506 e. The first-order chi connectivity index (χ1) is 9.70. The smallest absolute Gasteiger partial charge is 0.300 e. The number of phenols is 1. The third kappa shape index (κ3) is 3.26. The second kappa shape index (κ2) is 5.51. The van der Waals surface area contributed by atoms with E-state index in [1.54, 1.807) is 13.0 Å². The van der Waals surface area contributed by atoms with Crippen molar-refractivity contribution in [2.45, 2.75) is 11.1 Å². The lowest BCUT2D eigenvalue weighted by Gasteiger charge is -2.08. The molecule has 0 amide bonds. The van der Waals surface area contributed by atoms with Crippen molar-refractivity contribution in [2.75, 3.05) is 4.72 Å². The molecule has 1 aromatic carbocycles. The number of rotatable bonds is 4. The van der Waals surface area contributed by atoms with E-state index in [2.05, 4.69) is 4.72 Å². The molecule has 0 unspecified atom stereocenters. The van der Waals surface area contributed by atoms with Crippen LogP contribution in [-0.4, -0.2) is 18.4 Å².